The molecule has 0 atom stereocenters. The van der Waals surface area contributed by atoms with E-state index in [0.717, 1.165) is 17.9 Å². The fraction of sp³-hybridized carbons (Fsp3) is 0.500. The molecular weight excluding hydrogens is 214 g/mol. The lowest BCUT2D eigenvalue weighted by atomic mass is 10.1. The van der Waals surface area contributed by atoms with Crippen molar-refractivity contribution in [2.45, 2.75) is 26.4 Å². The molecule has 0 aromatic heterocycles. The first kappa shape index (κ1) is 13.7. The zero-order valence-electron chi connectivity index (χ0n) is 11.1. The van der Waals surface area contributed by atoms with Crippen molar-refractivity contribution < 1.29 is 14.4 Å². The van der Waals surface area contributed by atoms with Gasteiger partial charge < -0.3 is 9.64 Å². The van der Waals surface area contributed by atoms with Gasteiger partial charge in [-0.2, -0.15) is 0 Å². The van der Waals surface area contributed by atoms with Gasteiger partial charge in [-0.15, -0.1) is 0 Å². The van der Waals surface area contributed by atoms with E-state index in [2.05, 4.69) is 0 Å². The normalized spacial score (nSPS) is 10.9. The van der Waals surface area contributed by atoms with E-state index in [1.165, 1.54) is 4.90 Å². The first-order chi connectivity index (χ1) is 7.99. The highest BCUT2D eigenvalue weighted by atomic mass is 16.5. The van der Waals surface area contributed by atoms with Crippen molar-refractivity contribution in [2.75, 3.05) is 20.6 Å². The molecule has 0 saturated carbocycles. The monoisotopic (exact) mass is 236 g/mol. The molecule has 94 valence electrons. The molecule has 0 fully saturated rings. The van der Waals surface area contributed by atoms with Crippen LogP contribution < -0.4 is 9.64 Å². The highest BCUT2D eigenvalue weighted by molar-refractivity contribution is 5.96. The number of nitrogens with one attached hydrogen (secondary N) is 1. The highest BCUT2D eigenvalue weighted by Crippen LogP contribution is 2.14. The fourth-order valence-electron chi connectivity index (χ4n) is 1.50. The van der Waals surface area contributed by atoms with Gasteiger partial charge >= 0.3 is 0 Å². The van der Waals surface area contributed by atoms with Crippen LogP contribution in [0.3, 0.4) is 0 Å². The second-order valence-electron chi connectivity index (χ2n) is 4.82. The van der Waals surface area contributed by atoms with E-state index in [-0.39, 0.29) is 11.9 Å². The van der Waals surface area contributed by atoms with E-state index >= 15 is 0 Å². The Labute approximate surface area is 103 Å². The van der Waals surface area contributed by atoms with Gasteiger partial charge in [0.05, 0.1) is 33.2 Å². The summed E-state index contributed by atoms with van der Waals surface area (Å²) in [6.07, 6.45) is 0.751. The predicted octanol–water partition coefficient (Wildman–Crippen LogP) is 1.19. The first-order valence-electron chi connectivity index (χ1n) is 6.08. The van der Waals surface area contributed by atoms with Crippen molar-refractivity contribution in [1.29, 1.82) is 0 Å². The maximum absolute atomic E-state index is 11.8. The molecule has 1 rings (SSSR count). The topological polar surface area (TPSA) is 30.7 Å². The largest absolute Gasteiger partial charge is 0.491 e. The number of carbonyl (C=O) groups excluding carboxylic acids is 1. The Morgan fingerprint density at radius 1 is 1.24 bits per heavy atom. The van der Waals surface area contributed by atoms with E-state index in [0.29, 0.717) is 6.42 Å². The second kappa shape index (κ2) is 6.40. The minimum absolute atomic E-state index is 0.161. The molecule has 0 saturated heterocycles. The predicted molar refractivity (Wildman–Crippen MR) is 68.8 cm³/mol. The summed E-state index contributed by atoms with van der Waals surface area (Å²) in [6, 6.07) is 7.39. The van der Waals surface area contributed by atoms with Gasteiger partial charge in [0.2, 0.25) is 0 Å². The van der Waals surface area contributed by atoms with Crippen molar-refractivity contribution in [3.05, 3.63) is 29.8 Å². The molecule has 0 heterocycles. The lowest BCUT2D eigenvalue weighted by Crippen LogP contribution is -3.05. The summed E-state index contributed by atoms with van der Waals surface area (Å²) in [7, 11) is 4.10. The standard InChI is InChI=1S/C14H21NO2/c1-11(2)17-13-7-5-12(6-8-13)14(16)9-10-15(3)4/h5-8,11H,9-10H2,1-4H3/p+1. The molecule has 3 heteroatoms. The summed E-state index contributed by atoms with van der Waals surface area (Å²) in [5, 5.41) is 0. The van der Waals surface area contributed by atoms with Gasteiger partial charge in [0.25, 0.3) is 0 Å². The van der Waals surface area contributed by atoms with Gasteiger partial charge in [0, 0.05) is 5.56 Å². The summed E-state index contributed by atoms with van der Waals surface area (Å²) in [4.78, 5) is 13.1. The third-order valence-electron chi connectivity index (χ3n) is 2.40. The van der Waals surface area contributed by atoms with Crippen LogP contribution in [-0.4, -0.2) is 32.5 Å². The smallest absolute Gasteiger partial charge is 0.168 e. The quantitative estimate of drug-likeness (QED) is 0.752. The number of benzene rings is 1. The minimum Gasteiger partial charge on any atom is -0.491 e. The molecular formula is C14H22NO2+. The Morgan fingerprint density at radius 2 is 1.82 bits per heavy atom. The lowest BCUT2D eigenvalue weighted by molar-refractivity contribution is -0.857. The van der Waals surface area contributed by atoms with E-state index in [4.69, 9.17) is 4.74 Å². The Morgan fingerprint density at radius 3 is 2.29 bits per heavy atom. The summed E-state index contributed by atoms with van der Waals surface area (Å²) >= 11 is 0. The third kappa shape index (κ3) is 5.00. The molecule has 0 bridgehead atoms. The fourth-order valence-corrected chi connectivity index (χ4v) is 1.50. The number of ketones is 1. The zero-order valence-corrected chi connectivity index (χ0v) is 11.1. The number of carbonyl (C=O) groups is 1. The van der Waals surface area contributed by atoms with Crippen LogP contribution in [0.2, 0.25) is 0 Å². The molecule has 1 N–H and O–H groups in total. The average Bonchev–Trinajstić information content (AvgIpc) is 2.26. The van der Waals surface area contributed by atoms with E-state index in [1.54, 1.807) is 0 Å². The number of ether oxygens (including phenoxy) is 1. The molecule has 0 aliphatic carbocycles. The van der Waals surface area contributed by atoms with Gasteiger partial charge in [-0.3, -0.25) is 4.79 Å². The number of hydrogen-bond acceptors (Lipinski definition) is 2. The van der Waals surface area contributed by atoms with Gasteiger partial charge in [-0.05, 0) is 38.1 Å². The minimum atomic E-state index is 0.161. The Hall–Kier alpha value is -1.35. The molecule has 1 aromatic rings. The summed E-state index contributed by atoms with van der Waals surface area (Å²) < 4.78 is 5.53. The van der Waals surface area contributed by atoms with Gasteiger partial charge in [-0.1, -0.05) is 0 Å². The number of Topliss-reactive ketones (excluding diaryl/α,β-unsaturated/α-hetero) is 1. The maximum Gasteiger partial charge on any atom is 0.168 e. The second-order valence-corrected chi connectivity index (χ2v) is 4.82. The number of quaternary nitrogens is 1. The SMILES string of the molecule is CC(C)Oc1ccc(C(=O)CC[NH+](C)C)cc1. The molecule has 0 radical (unpaired) electrons. The molecule has 0 aliphatic rings. The molecule has 0 spiro atoms. The van der Waals surface area contributed by atoms with E-state index in [1.807, 2.05) is 52.2 Å². The summed E-state index contributed by atoms with van der Waals surface area (Å²) in [5.74, 6) is 1.01. The highest BCUT2D eigenvalue weighted by Gasteiger charge is 2.08. The first-order valence-corrected chi connectivity index (χ1v) is 6.08. The Balaban J connectivity index is 2.57. The van der Waals surface area contributed by atoms with E-state index in [9.17, 15) is 4.79 Å². The molecule has 0 aliphatic heterocycles. The third-order valence-corrected chi connectivity index (χ3v) is 2.40. The van der Waals surface area contributed by atoms with Crippen LogP contribution in [0.4, 0.5) is 0 Å². The van der Waals surface area contributed by atoms with Crippen molar-refractivity contribution in [3.8, 4) is 5.75 Å². The van der Waals surface area contributed by atoms with Gasteiger partial charge in [-0.25, -0.2) is 0 Å². The van der Waals surface area contributed by atoms with Crippen molar-refractivity contribution in [1.82, 2.24) is 0 Å². The Kier molecular flexibility index (Phi) is 5.16. The Bertz CT molecular complexity index is 355. The number of rotatable bonds is 6. The zero-order chi connectivity index (χ0) is 12.8. The van der Waals surface area contributed by atoms with Crippen molar-refractivity contribution in [3.63, 3.8) is 0 Å². The van der Waals surface area contributed by atoms with Crippen LogP contribution in [0.25, 0.3) is 0 Å². The number of hydrogen-bond donors (Lipinski definition) is 1. The molecule has 3 nitrogen and oxygen atoms in total. The molecule has 17 heavy (non-hydrogen) atoms. The van der Waals surface area contributed by atoms with Crippen LogP contribution in [0.1, 0.15) is 30.6 Å². The van der Waals surface area contributed by atoms with Crippen LogP contribution in [0.5, 0.6) is 5.75 Å². The van der Waals surface area contributed by atoms with E-state index < -0.39 is 0 Å². The van der Waals surface area contributed by atoms with Crippen molar-refractivity contribution in [2.24, 2.45) is 0 Å². The van der Waals surface area contributed by atoms with Gasteiger partial charge in [0.1, 0.15) is 5.75 Å². The van der Waals surface area contributed by atoms with Crippen LogP contribution in [0.15, 0.2) is 24.3 Å². The van der Waals surface area contributed by atoms with Crippen LogP contribution in [0, 0.1) is 0 Å². The van der Waals surface area contributed by atoms with Crippen molar-refractivity contribution >= 4 is 5.78 Å². The summed E-state index contributed by atoms with van der Waals surface area (Å²) in [6.45, 7) is 4.83. The maximum atomic E-state index is 11.8. The van der Waals surface area contributed by atoms with Crippen LogP contribution >= 0.6 is 0 Å². The molecule has 0 amide bonds. The van der Waals surface area contributed by atoms with Gasteiger partial charge in [0.15, 0.2) is 5.78 Å². The average molecular weight is 236 g/mol. The molecule has 0 unspecified atom stereocenters. The summed E-state index contributed by atoms with van der Waals surface area (Å²) in [5.41, 5.74) is 0.766. The molecule has 1 aromatic carbocycles. The lowest BCUT2D eigenvalue weighted by Gasteiger charge is -2.10. The van der Waals surface area contributed by atoms with Crippen LogP contribution in [-0.2, 0) is 0 Å².